The van der Waals surface area contributed by atoms with Crippen molar-refractivity contribution in [2.24, 2.45) is 5.73 Å². The summed E-state index contributed by atoms with van der Waals surface area (Å²) in [6.45, 7) is 4.20. The van der Waals surface area contributed by atoms with Gasteiger partial charge in [-0.1, -0.05) is 28.1 Å². The van der Waals surface area contributed by atoms with Crippen molar-refractivity contribution in [2.75, 3.05) is 5.32 Å². The van der Waals surface area contributed by atoms with Crippen molar-refractivity contribution in [1.82, 2.24) is 0 Å². The fourth-order valence-electron chi connectivity index (χ4n) is 1.95. The number of aryl methyl sites for hydroxylation is 1. The van der Waals surface area contributed by atoms with Gasteiger partial charge in [0.2, 0.25) is 5.91 Å². The molecule has 21 heavy (non-hydrogen) atoms. The predicted molar refractivity (Wildman–Crippen MR) is 85.9 cm³/mol. The van der Waals surface area contributed by atoms with E-state index in [0.717, 1.165) is 21.7 Å². The number of rotatable bonds is 4. The molecular weight excluding hydrogens is 335 g/mol. The van der Waals surface area contributed by atoms with Gasteiger partial charge in [-0.2, -0.15) is 0 Å². The molecule has 3 nitrogen and oxygen atoms in total. The molecule has 0 unspecified atom stereocenters. The van der Waals surface area contributed by atoms with E-state index >= 15 is 0 Å². The smallest absolute Gasteiger partial charge is 0.248 e. The van der Waals surface area contributed by atoms with E-state index in [-0.39, 0.29) is 5.56 Å². The van der Waals surface area contributed by atoms with Crippen LogP contribution in [0.1, 0.15) is 27.0 Å². The van der Waals surface area contributed by atoms with Gasteiger partial charge in [0.1, 0.15) is 5.82 Å². The number of anilines is 1. The molecule has 2 aromatic rings. The Hall–Kier alpha value is -1.88. The van der Waals surface area contributed by atoms with E-state index in [2.05, 4.69) is 21.2 Å². The van der Waals surface area contributed by atoms with Crippen molar-refractivity contribution in [1.29, 1.82) is 0 Å². The van der Waals surface area contributed by atoms with E-state index < -0.39 is 11.7 Å². The van der Waals surface area contributed by atoms with E-state index in [9.17, 15) is 9.18 Å². The summed E-state index contributed by atoms with van der Waals surface area (Å²) in [6.07, 6.45) is 0. The van der Waals surface area contributed by atoms with Gasteiger partial charge in [0.25, 0.3) is 0 Å². The van der Waals surface area contributed by atoms with Crippen LogP contribution in [0.15, 0.2) is 34.8 Å². The molecule has 3 N–H and O–H groups in total. The second kappa shape index (κ2) is 6.26. The van der Waals surface area contributed by atoms with Gasteiger partial charge >= 0.3 is 0 Å². The highest BCUT2D eigenvalue weighted by Gasteiger charge is 2.10. The van der Waals surface area contributed by atoms with E-state index in [0.29, 0.717) is 17.8 Å². The minimum Gasteiger partial charge on any atom is -0.381 e. The lowest BCUT2D eigenvalue weighted by Crippen LogP contribution is -2.13. The Kier molecular flexibility index (Phi) is 4.63. The van der Waals surface area contributed by atoms with Crippen LogP contribution in [-0.4, -0.2) is 5.91 Å². The van der Waals surface area contributed by atoms with E-state index in [1.165, 1.54) is 0 Å². The summed E-state index contributed by atoms with van der Waals surface area (Å²) >= 11 is 3.48. The normalized spacial score (nSPS) is 10.5. The lowest BCUT2D eigenvalue weighted by molar-refractivity contribution is 0.1000. The van der Waals surface area contributed by atoms with Crippen LogP contribution in [0.5, 0.6) is 0 Å². The number of benzene rings is 2. The highest BCUT2D eigenvalue weighted by molar-refractivity contribution is 9.10. The van der Waals surface area contributed by atoms with Gasteiger partial charge in [0.05, 0.1) is 0 Å². The zero-order valence-corrected chi connectivity index (χ0v) is 13.4. The third kappa shape index (κ3) is 3.61. The van der Waals surface area contributed by atoms with Gasteiger partial charge < -0.3 is 11.1 Å². The van der Waals surface area contributed by atoms with Crippen LogP contribution in [0.2, 0.25) is 0 Å². The minimum atomic E-state index is -0.643. The summed E-state index contributed by atoms with van der Waals surface area (Å²) in [7, 11) is 0. The van der Waals surface area contributed by atoms with Gasteiger partial charge in [-0.25, -0.2) is 4.39 Å². The molecule has 110 valence electrons. The number of nitrogens with one attached hydrogen (secondary N) is 1. The molecule has 0 saturated heterocycles. The zero-order valence-electron chi connectivity index (χ0n) is 11.8. The molecule has 0 aliphatic carbocycles. The molecule has 0 aliphatic heterocycles. The molecule has 0 aliphatic rings. The maximum absolute atomic E-state index is 13.8. The number of hydrogen-bond donors (Lipinski definition) is 2. The van der Waals surface area contributed by atoms with Crippen molar-refractivity contribution in [3.63, 3.8) is 0 Å². The fraction of sp³-hybridized carbons (Fsp3) is 0.188. The molecule has 5 heteroatoms. The molecular formula is C16H16BrFN2O. The molecule has 0 spiro atoms. The van der Waals surface area contributed by atoms with Gasteiger partial charge in [0, 0.05) is 27.8 Å². The lowest BCUT2D eigenvalue weighted by atomic mass is 10.1. The first-order chi connectivity index (χ1) is 9.88. The van der Waals surface area contributed by atoms with E-state index in [4.69, 9.17) is 5.73 Å². The van der Waals surface area contributed by atoms with Crippen molar-refractivity contribution in [2.45, 2.75) is 20.4 Å². The summed E-state index contributed by atoms with van der Waals surface area (Å²) in [5.74, 6) is -1.09. The first-order valence-corrected chi connectivity index (χ1v) is 7.26. The summed E-state index contributed by atoms with van der Waals surface area (Å²) in [5, 5.41) is 3.14. The molecule has 0 aromatic heterocycles. The number of amides is 1. The summed E-state index contributed by atoms with van der Waals surface area (Å²) < 4.78 is 14.8. The van der Waals surface area contributed by atoms with Gasteiger partial charge in [-0.15, -0.1) is 0 Å². The van der Waals surface area contributed by atoms with Crippen molar-refractivity contribution < 1.29 is 9.18 Å². The third-order valence-corrected chi connectivity index (χ3v) is 4.20. The van der Waals surface area contributed by atoms with Crippen LogP contribution in [-0.2, 0) is 6.54 Å². The van der Waals surface area contributed by atoms with Crippen LogP contribution in [0, 0.1) is 19.7 Å². The number of primary amides is 1. The highest BCUT2D eigenvalue weighted by atomic mass is 79.9. The summed E-state index contributed by atoms with van der Waals surface area (Å²) in [4.78, 5) is 11.2. The zero-order chi connectivity index (χ0) is 15.6. The van der Waals surface area contributed by atoms with Crippen LogP contribution in [0.4, 0.5) is 10.1 Å². The second-order valence-electron chi connectivity index (χ2n) is 4.93. The number of hydrogen-bond acceptors (Lipinski definition) is 2. The van der Waals surface area contributed by atoms with Crippen LogP contribution >= 0.6 is 15.9 Å². The quantitative estimate of drug-likeness (QED) is 0.877. The van der Waals surface area contributed by atoms with Crippen molar-refractivity contribution in [3.8, 4) is 0 Å². The molecule has 0 atom stereocenters. The van der Waals surface area contributed by atoms with Crippen molar-refractivity contribution in [3.05, 3.63) is 62.9 Å². The van der Waals surface area contributed by atoms with E-state index in [1.807, 2.05) is 25.1 Å². The first-order valence-electron chi connectivity index (χ1n) is 6.47. The Morgan fingerprint density at radius 1 is 1.29 bits per heavy atom. The molecule has 2 rings (SSSR count). The molecule has 0 fully saturated rings. The Morgan fingerprint density at radius 2 is 2.00 bits per heavy atom. The maximum atomic E-state index is 13.8. The van der Waals surface area contributed by atoms with Gasteiger partial charge in [0.15, 0.2) is 0 Å². The molecule has 0 heterocycles. The molecule has 0 bridgehead atoms. The van der Waals surface area contributed by atoms with Crippen LogP contribution in [0.25, 0.3) is 0 Å². The molecule has 1 amide bonds. The lowest BCUT2D eigenvalue weighted by Gasteiger charge is -2.12. The van der Waals surface area contributed by atoms with Crippen molar-refractivity contribution >= 4 is 27.5 Å². The highest BCUT2D eigenvalue weighted by Crippen LogP contribution is 2.22. The molecule has 0 saturated carbocycles. The van der Waals surface area contributed by atoms with E-state index in [1.54, 1.807) is 13.0 Å². The average molecular weight is 351 g/mol. The third-order valence-electron chi connectivity index (χ3n) is 3.35. The Morgan fingerprint density at radius 3 is 2.62 bits per heavy atom. The van der Waals surface area contributed by atoms with Crippen LogP contribution in [0.3, 0.4) is 0 Å². The summed E-state index contributed by atoms with van der Waals surface area (Å²) in [5.41, 5.74) is 8.60. The first kappa shape index (κ1) is 15.5. The molecule has 2 aromatic carbocycles. The van der Waals surface area contributed by atoms with Crippen LogP contribution < -0.4 is 11.1 Å². The minimum absolute atomic E-state index is 0.158. The summed E-state index contributed by atoms with van der Waals surface area (Å²) in [6, 6.07) is 8.74. The molecule has 0 radical (unpaired) electrons. The fourth-order valence-corrected chi connectivity index (χ4v) is 2.37. The monoisotopic (exact) mass is 350 g/mol. The second-order valence-corrected chi connectivity index (χ2v) is 5.79. The standard InChI is InChI=1S/C16H16BrFN2O/c1-9-3-4-11(5-13(9)17)8-20-15-7-12(16(19)21)6-14(18)10(15)2/h3-7,20H,8H2,1-2H3,(H2,19,21). The number of carbonyl (C=O) groups excluding carboxylic acids is 1. The van der Waals surface area contributed by atoms with Gasteiger partial charge in [-0.3, -0.25) is 4.79 Å². The maximum Gasteiger partial charge on any atom is 0.248 e. The Labute approximate surface area is 131 Å². The topological polar surface area (TPSA) is 55.1 Å². The number of halogens is 2. The Balaban J connectivity index is 2.23. The average Bonchev–Trinajstić information content (AvgIpc) is 2.43. The SMILES string of the molecule is Cc1ccc(CNc2cc(C(N)=O)cc(F)c2C)cc1Br. The van der Waals surface area contributed by atoms with Gasteiger partial charge in [-0.05, 0) is 43.2 Å². The predicted octanol–water partition coefficient (Wildman–Crippen LogP) is 3.92. The Bertz CT molecular complexity index is 701. The number of nitrogens with two attached hydrogens (primary N) is 1. The number of carbonyl (C=O) groups is 1. The largest absolute Gasteiger partial charge is 0.381 e.